The van der Waals surface area contributed by atoms with Gasteiger partial charge in [-0.2, -0.15) is 0 Å². The summed E-state index contributed by atoms with van der Waals surface area (Å²) in [5.41, 5.74) is 9.77. The molecule has 0 bridgehead atoms. The maximum atomic E-state index is 5.27. The van der Waals surface area contributed by atoms with Crippen molar-refractivity contribution in [3.05, 3.63) is 58.7 Å². The van der Waals surface area contributed by atoms with E-state index >= 15 is 0 Å². The zero-order chi connectivity index (χ0) is 37.5. The molecule has 53 heavy (non-hydrogen) atoms. The Morgan fingerprint density at radius 3 is 0.887 bits per heavy atom. The minimum Gasteiger partial charge on any atom is -0.252 e. The number of hydrogen-bond donors (Lipinski definition) is 0. The first-order chi connectivity index (χ1) is 25.4. The van der Waals surface area contributed by atoms with E-state index in [9.17, 15) is 0 Å². The maximum Gasteiger partial charge on any atom is 0.0636 e. The van der Waals surface area contributed by atoms with Crippen LogP contribution >= 0.6 is 0 Å². The minimum absolute atomic E-state index is 0. The van der Waals surface area contributed by atoms with Crippen LogP contribution in [-0.4, -0.2) is 11.4 Å². The van der Waals surface area contributed by atoms with Gasteiger partial charge in [0.2, 0.25) is 0 Å². The second kappa shape index (κ2) is 33.6. The van der Waals surface area contributed by atoms with Crippen LogP contribution in [0.15, 0.2) is 46.4 Å². The van der Waals surface area contributed by atoms with Crippen molar-refractivity contribution in [2.24, 2.45) is 9.98 Å². The van der Waals surface area contributed by atoms with Gasteiger partial charge >= 0.3 is 0 Å². The second-order valence-corrected chi connectivity index (χ2v) is 16.3. The Balaban J connectivity index is 0.0000140. The summed E-state index contributed by atoms with van der Waals surface area (Å²) in [4.78, 5) is 10.5. The Kier molecular flexibility index (Phi) is 31.2. The van der Waals surface area contributed by atoms with Crippen molar-refractivity contribution in [3.8, 4) is 0 Å². The summed E-state index contributed by atoms with van der Waals surface area (Å²) in [5, 5.41) is 0. The molecule has 2 nitrogen and oxygen atoms in total. The Bertz CT molecular complexity index is 1230. The molecule has 3 heteroatoms. The average Bonchev–Trinajstić information content (AvgIpc) is 3.14. The van der Waals surface area contributed by atoms with Crippen LogP contribution < -0.4 is 0 Å². The van der Waals surface area contributed by atoms with Gasteiger partial charge < -0.3 is 0 Å². The van der Waals surface area contributed by atoms with Gasteiger partial charge in [-0.05, 0) is 99.9 Å². The second-order valence-electron chi connectivity index (χ2n) is 16.3. The van der Waals surface area contributed by atoms with Gasteiger partial charge in [0.05, 0.1) is 22.8 Å². The molecule has 304 valence electrons. The van der Waals surface area contributed by atoms with Crippen molar-refractivity contribution >= 4 is 22.8 Å². The van der Waals surface area contributed by atoms with E-state index in [0.29, 0.717) is 0 Å². The fourth-order valence-electron chi connectivity index (χ4n) is 7.38. The van der Waals surface area contributed by atoms with E-state index in [1.165, 1.54) is 207 Å². The molecule has 0 atom stereocenters. The van der Waals surface area contributed by atoms with Crippen molar-refractivity contribution in [2.75, 3.05) is 0 Å². The molecule has 0 aliphatic heterocycles. The quantitative estimate of drug-likeness (QED) is 0.0392. The molecule has 2 aromatic carbocycles. The van der Waals surface area contributed by atoms with E-state index in [1.807, 2.05) is 0 Å². The van der Waals surface area contributed by atoms with Gasteiger partial charge in [-0.3, -0.25) is 9.98 Å². The predicted octanol–water partition coefficient (Wildman–Crippen LogP) is 17.5. The van der Waals surface area contributed by atoms with Crippen molar-refractivity contribution in [1.82, 2.24) is 0 Å². The number of nitrogens with zero attached hydrogens (tertiary/aromatic N) is 2. The van der Waals surface area contributed by atoms with Gasteiger partial charge in [0, 0.05) is 16.5 Å². The third kappa shape index (κ3) is 25.1. The summed E-state index contributed by atoms with van der Waals surface area (Å²) in [6.07, 6.45) is 41.5. The van der Waals surface area contributed by atoms with Crippen molar-refractivity contribution in [3.63, 3.8) is 0 Å². The molecule has 0 heterocycles. The smallest absolute Gasteiger partial charge is 0.0636 e. The molecule has 0 spiro atoms. The standard InChI is InChI=1S/C50H84N2.Ni/c1-7-9-11-12-13-14-15-16-17-18-19-20-21-22-23-24-25-26-27-28-29-30-31-32-33-34-36-50(52-48-40-38-44(4)46(6)42-48)49(35-10-8-2)51-47-39-37-43(3)45(5)41-47;/h37-42H,7-36H2,1-6H3;. The molecule has 0 aromatic heterocycles. The maximum absolute atomic E-state index is 5.27. The summed E-state index contributed by atoms with van der Waals surface area (Å²) < 4.78 is 0. The third-order valence-electron chi connectivity index (χ3n) is 11.4. The summed E-state index contributed by atoms with van der Waals surface area (Å²) in [7, 11) is 0. The van der Waals surface area contributed by atoms with Crippen LogP contribution in [0.4, 0.5) is 11.4 Å². The molecule has 0 amide bonds. The SMILES string of the molecule is CCCCCCCCCCCCCCCCCCCCCCCCCCCCC(=Nc1ccc(C)c(C)c1)C(CCCC)=Nc1ccc(C)c(C)c1.[Ni]. The Hall–Kier alpha value is -1.73. The van der Waals surface area contributed by atoms with Crippen LogP contribution in [-0.2, 0) is 16.5 Å². The molecule has 2 rings (SSSR count). The summed E-state index contributed by atoms with van der Waals surface area (Å²) in [5.74, 6) is 0. The van der Waals surface area contributed by atoms with E-state index < -0.39 is 0 Å². The molecular formula is C50H84N2Ni. The van der Waals surface area contributed by atoms with Crippen LogP contribution in [0.1, 0.15) is 229 Å². The fourth-order valence-corrected chi connectivity index (χ4v) is 7.38. The molecule has 0 unspecified atom stereocenters. The summed E-state index contributed by atoms with van der Waals surface area (Å²) >= 11 is 0. The zero-order valence-corrected chi connectivity index (χ0v) is 36.9. The average molecular weight is 772 g/mol. The fraction of sp³-hybridized carbons (Fsp3) is 0.720. The molecular weight excluding hydrogens is 687 g/mol. The Morgan fingerprint density at radius 1 is 0.340 bits per heavy atom. The van der Waals surface area contributed by atoms with Crippen molar-refractivity contribution in [2.45, 2.75) is 234 Å². The normalized spacial score (nSPS) is 12.0. The molecule has 0 N–H and O–H groups in total. The molecule has 0 saturated carbocycles. The first-order valence-electron chi connectivity index (χ1n) is 22.7. The van der Waals surface area contributed by atoms with E-state index in [4.69, 9.17) is 9.98 Å². The Labute approximate surface area is 340 Å². The largest absolute Gasteiger partial charge is 0.252 e. The van der Waals surface area contributed by atoms with E-state index in [1.54, 1.807) is 0 Å². The molecule has 0 radical (unpaired) electrons. The first kappa shape index (κ1) is 49.3. The summed E-state index contributed by atoms with van der Waals surface area (Å²) in [6.45, 7) is 13.3. The van der Waals surface area contributed by atoms with Gasteiger partial charge in [0.15, 0.2) is 0 Å². The number of benzene rings is 2. The molecule has 2 aromatic rings. The zero-order valence-electron chi connectivity index (χ0n) is 35.9. The first-order valence-corrected chi connectivity index (χ1v) is 22.7. The van der Waals surface area contributed by atoms with Gasteiger partial charge in [0.25, 0.3) is 0 Å². The predicted molar refractivity (Wildman–Crippen MR) is 236 cm³/mol. The van der Waals surface area contributed by atoms with Gasteiger partial charge in [0.1, 0.15) is 0 Å². The van der Waals surface area contributed by atoms with E-state index in [2.05, 4.69) is 77.9 Å². The van der Waals surface area contributed by atoms with Crippen LogP contribution in [0.2, 0.25) is 0 Å². The third-order valence-corrected chi connectivity index (χ3v) is 11.4. The van der Waals surface area contributed by atoms with Crippen molar-refractivity contribution in [1.29, 1.82) is 0 Å². The van der Waals surface area contributed by atoms with Gasteiger partial charge in [-0.25, -0.2) is 0 Å². The van der Waals surface area contributed by atoms with Crippen LogP contribution in [0.3, 0.4) is 0 Å². The van der Waals surface area contributed by atoms with Crippen LogP contribution in [0.25, 0.3) is 0 Å². The van der Waals surface area contributed by atoms with E-state index in [0.717, 1.165) is 30.6 Å². The summed E-state index contributed by atoms with van der Waals surface area (Å²) in [6, 6.07) is 13.2. The van der Waals surface area contributed by atoms with E-state index in [-0.39, 0.29) is 16.5 Å². The van der Waals surface area contributed by atoms with Gasteiger partial charge in [-0.1, -0.05) is 193 Å². The molecule has 0 fully saturated rings. The van der Waals surface area contributed by atoms with Crippen LogP contribution in [0.5, 0.6) is 0 Å². The van der Waals surface area contributed by atoms with Crippen LogP contribution in [0, 0.1) is 27.7 Å². The molecule has 0 aliphatic carbocycles. The number of rotatable bonds is 33. The number of hydrogen-bond acceptors (Lipinski definition) is 2. The van der Waals surface area contributed by atoms with Gasteiger partial charge in [-0.15, -0.1) is 0 Å². The number of unbranched alkanes of at least 4 members (excludes halogenated alkanes) is 26. The molecule has 0 aliphatic rings. The van der Waals surface area contributed by atoms with Crippen molar-refractivity contribution < 1.29 is 16.5 Å². The number of aliphatic imine (C=N–C) groups is 2. The Morgan fingerprint density at radius 2 is 0.604 bits per heavy atom. The topological polar surface area (TPSA) is 24.7 Å². The monoisotopic (exact) mass is 771 g/mol. The molecule has 0 saturated heterocycles. The number of aryl methyl sites for hydroxylation is 4. The minimum atomic E-state index is 0.